The SMILES string of the molecule is Cc1ccc(Nc2nnc(SCc3cn4ccsc4n3)s2)cc1C. The largest absolute Gasteiger partial charge is 0.330 e. The van der Waals surface area contributed by atoms with Gasteiger partial charge in [-0.05, 0) is 37.1 Å². The maximum absolute atomic E-state index is 4.58. The zero-order chi connectivity index (χ0) is 16.5. The van der Waals surface area contributed by atoms with Gasteiger partial charge in [0.25, 0.3) is 0 Å². The molecule has 0 bridgehead atoms. The van der Waals surface area contributed by atoms with Crippen molar-refractivity contribution in [1.29, 1.82) is 0 Å². The third kappa shape index (κ3) is 3.31. The number of hydrogen-bond donors (Lipinski definition) is 1. The molecule has 3 heterocycles. The monoisotopic (exact) mass is 373 g/mol. The van der Waals surface area contributed by atoms with E-state index in [1.807, 2.05) is 16.0 Å². The maximum Gasteiger partial charge on any atom is 0.210 e. The highest BCUT2D eigenvalue weighted by Crippen LogP contribution is 2.30. The summed E-state index contributed by atoms with van der Waals surface area (Å²) in [7, 11) is 0. The number of aryl methyl sites for hydroxylation is 2. The Morgan fingerprint density at radius 3 is 2.96 bits per heavy atom. The van der Waals surface area contributed by atoms with Crippen molar-refractivity contribution in [3.63, 3.8) is 0 Å². The van der Waals surface area contributed by atoms with Gasteiger partial charge in [0.15, 0.2) is 9.30 Å². The second kappa shape index (κ2) is 6.54. The van der Waals surface area contributed by atoms with Crippen LogP contribution in [0.15, 0.2) is 40.3 Å². The van der Waals surface area contributed by atoms with Crippen LogP contribution in [0.4, 0.5) is 10.8 Å². The minimum Gasteiger partial charge on any atom is -0.330 e. The number of anilines is 2. The predicted molar refractivity (Wildman–Crippen MR) is 102 cm³/mol. The summed E-state index contributed by atoms with van der Waals surface area (Å²) in [4.78, 5) is 5.61. The first-order valence-corrected chi connectivity index (χ1v) is 10.1. The second-order valence-corrected chi connectivity index (χ2v) is 8.48. The lowest BCUT2D eigenvalue weighted by Gasteiger charge is -2.05. The van der Waals surface area contributed by atoms with E-state index in [9.17, 15) is 0 Å². The molecule has 122 valence electrons. The summed E-state index contributed by atoms with van der Waals surface area (Å²) in [6, 6.07) is 6.30. The molecular weight excluding hydrogens is 358 g/mol. The van der Waals surface area contributed by atoms with E-state index in [0.29, 0.717) is 0 Å². The van der Waals surface area contributed by atoms with Gasteiger partial charge in [0.1, 0.15) is 0 Å². The van der Waals surface area contributed by atoms with Crippen LogP contribution in [-0.4, -0.2) is 19.6 Å². The van der Waals surface area contributed by atoms with Gasteiger partial charge >= 0.3 is 0 Å². The van der Waals surface area contributed by atoms with Crippen LogP contribution in [0.2, 0.25) is 0 Å². The first-order valence-electron chi connectivity index (χ1n) is 7.39. The Morgan fingerprint density at radius 2 is 2.12 bits per heavy atom. The molecule has 0 atom stereocenters. The molecule has 0 fully saturated rings. The Hall–Kier alpha value is -1.90. The van der Waals surface area contributed by atoms with E-state index >= 15 is 0 Å². The minimum atomic E-state index is 0.798. The van der Waals surface area contributed by atoms with Crippen LogP contribution in [0, 0.1) is 13.8 Å². The average molecular weight is 374 g/mol. The molecule has 0 saturated heterocycles. The van der Waals surface area contributed by atoms with Crippen LogP contribution in [-0.2, 0) is 5.75 Å². The van der Waals surface area contributed by atoms with Crippen molar-refractivity contribution in [1.82, 2.24) is 19.6 Å². The van der Waals surface area contributed by atoms with Gasteiger partial charge < -0.3 is 5.32 Å². The molecule has 24 heavy (non-hydrogen) atoms. The zero-order valence-corrected chi connectivity index (χ0v) is 15.6. The average Bonchev–Trinajstić information content (AvgIpc) is 3.24. The van der Waals surface area contributed by atoms with E-state index in [1.54, 1.807) is 34.4 Å². The topological polar surface area (TPSA) is 55.1 Å². The molecule has 3 aromatic heterocycles. The normalized spacial score (nSPS) is 11.2. The third-order valence-corrected chi connectivity index (χ3v) is 6.43. The number of benzene rings is 1. The van der Waals surface area contributed by atoms with Crippen LogP contribution in [0.3, 0.4) is 0 Å². The van der Waals surface area contributed by atoms with Crippen molar-refractivity contribution in [3.8, 4) is 0 Å². The van der Waals surface area contributed by atoms with Crippen molar-refractivity contribution in [2.24, 2.45) is 0 Å². The Kier molecular flexibility index (Phi) is 4.26. The van der Waals surface area contributed by atoms with Crippen LogP contribution in [0.25, 0.3) is 4.96 Å². The first kappa shape index (κ1) is 15.6. The number of thiazole rings is 1. The highest BCUT2D eigenvalue weighted by molar-refractivity contribution is 8.00. The third-order valence-electron chi connectivity index (χ3n) is 3.65. The van der Waals surface area contributed by atoms with Crippen molar-refractivity contribution in [3.05, 3.63) is 52.8 Å². The quantitative estimate of drug-likeness (QED) is 0.504. The van der Waals surface area contributed by atoms with E-state index in [4.69, 9.17) is 0 Å². The number of hydrogen-bond acceptors (Lipinski definition) is 7. The highest BCUT2D eigenvalue weighted by atomic mass is 32.2. The second-order valence-electron chi connectivity index (χ2n) is 5.41. The zero-order valence-electron chi connectivity index (χ0n) is 13.2. The van der Waals surface area contributed by atoms with Crippen molar-refractivity contribution >= 4 is 50.2 Å². The number of nitrogens with one attached hydrogen (secondary N) is 1. The molecule has 0 spiro atoms. The van der Waals surface area contributed by atoms with E-state index in [-0.39, 0.29) is 0 Å². The number of nitrogens with zero attached hydrogens (tertiary/aromatic N) is 4. The molecule has 1 N–H and O–H groups in total. The van der Waals surface area contributed by atoms with Gasteiger partial charge in [0.05, 0.1) is 5.69 Å². The van der Waals surface area contributed by atoms with Gasteiger partial charge in [-0.3, -0.25) is 4.40 Å². The van der Waals surface area contributed by atoms with Crippen molar-refractivity contribution in [2.75, 3.05) is 5.32 Å². The maximum atomic E-state index is 4.58. The fraction of sp³-hybridized carbons (Fsp3) is 0.188. The van der Waals surface area contributed by atoms with Gasteiger partial charge in [-0.15, -0.1) is 21.5 Å². The smallest absolute Gasteiger partial charge is 0.210 e. The summed E-state index contributed by atoms with van der Waals surface area (Å²) in [5.74, 6) is 0.798. The van der Waals surface area contributed by atoms with Crippen molar-refractivity contribution < 1.29 is 0 Å². The molecule has 1 aromatic carbocycles. The number of thioether (sulfide) groups is 1. The van der Waals surface area contributed by atoms with Crippen LogP contribution >= 0.6 is 34.4 Å². The lowest BCUT2D eigenvalue weighted by atomic mass is 10.1. The number of fused-ring (bicyclic) bond motifs is 1. The number of aromatic nitrogens is 4. The Balaban J connectivity index is 1.40. The van der Waals surface area contributed by atoms with E-state index in [0.717, 1.165) is 31.6 Å². The molecular formula is C16H15N5S3. The standard InChI is InChI=1S/C16H15N5S3/c1-10-3-4-12(7-11(10)2)17-14-19-20-16(24-14)23-9-13-8-21-5-6-22-15(21)18-13/h3-8H,9H2,1-2H3,(H,17,19). The molecule has 4 rings (SSSR count). The van der Waals surface area contributed by atoms with Gasteiger partial charge in [-0.2, -0.15) is 0 Å². The van der Waals surface area contributed by atoms with Crippen LogP contribution in [0.5, 0.6) is 0 Å². The first-order chi connectivity index (χ1) is 11.7. The molecule has 8 heteroatoms. The lowest BCUT2D eigenvalue weighted by molar-refractivity contribution is 1.01. The van der Waals surface area contributed by atoms with Gasteiger partial charge in [-0.25, -0.2) is 4.98 Å². The van der Waals surface area contributed by atoms with Gasteiger partial charge in [0.2, 0.25) is 5.13 Å². The fourth-order valence-corrected chi connectivity index (χ4v) is 4.62. The molecule has 0 aliphatic heterocycles. The Bertz CT molecular complexity index is 956. The molecule has 0 radical (unpaired) electrons. The van der Waals surface area contributed by atoms with E-state index in [2.05, 4.69) is 58.7 Å². The fourth-order valence-electron chi connectivity index (χ4n) is 2.24. The molecule has 0 aliphatic rings. The van der Waals surface area contributed by atoms with Gasteiger partial charge in [-0.1, -0.05) is 29.2 Å². The Morgan fingerprint density at radius 1 is 1.21 bits per heavy atom. The van der Waals surface area contributed by atoms with Crippen molar-refractivity contribution in [2.45, 2.75) is 23.9 Å². The summed E-state index contributed by atoms with van der Waals surface area (Å²) in [6.45, 7) is 4.22. The molecule has 0 unspecified atom stereocenters. The minimum absolute atomic E-state index is 0.798. The predicted octanol–water partition coefficient (Wildman–Crippen LogP) is 4.90. The highest BCUT2D eigenvalue weighted by Gasteiger charge is 2.08. The molecule has 4 aromatic rings. The lowest BCUT2D eigenvalue weighted by Crippen LogP contribution is -1.91. The molecule has 0 aliphatic carbocycles. The number of imidazole rings is 1. The van der Waals surface area contributed by atoms with Gasteiger partial charge in [0, 0.05) is 29.2 Å². The Labute approximate surface area is 151 Å². The van der Waals surface area contributed by atoms with E-state index in [1.165, 1.54) is 11.1 Å². The summed E-state index contributed by atoms with van der Waals surface area (Å²) >= 11 is 4.87. The molecule has 0 saturated carbocycles. The van der Waals surface area contributed by atoms with Crippen LogP contribution < -0.4 is 5.32 Å². The van der Waals surface area contributed by atoms with E-state index < -0.39 is 0 Å². The summed E-state index contributed by atoms with van der Waals surface area (Å²) in [6.07, 6.45) is 4.09. The molecule has 5 nitrogen and oxygen atoms in total. The molecule has 0 amide bonds. The summed E-state index contributed by atoms with van der Waals surface area (Å²) < 4.78 is 2.99. The summed E-state index contributed by atoms with van der Waals surface area (Å²) in [5.41, 5.74) is 4.65. The van der Waals surface area contributed by atoms with Crippen LogP contribution in [0.1, 0.15) is 16.8 Å². The number of rotatable bonds is 5. The summed E-state index contributed by atoms with van der Waals surface area (Å²) in [5, 5.41) is 14.6.